The summed E-state index contributed by atoms with van der Waals surface area (Å²) in [5.41, 5.74) is 7.71. The molecule has 47 heavy (non-hydrogen) atoms. The van der Waals surface area contributed by atoms with E-state index in [0.29, 0.717) is 17.5 Å². The Morgan fingerprint density at radius 3 is 1.72 bits per heavy atom. The van der Waals surface area contributed by atoms with Crippen molar-refractivity contribution in [3.63, 3.8) is 0 Å². The summed E-state index contributed by atoms with van der Waals surface area (Å²) in [6.07, 6.45) is 0. The van der Waals surface area contributed by atoms with Crippen LogP contribution in [0, 0.1) is 0 Å². The van der Waals surface area contributed by atoms with Crippen LogP contribution >= 0.6 is 0 Å². The topological polar surface area (TPSA) is 38.7 Å². The number of nitrogens with zero attached hydrogens (tertiary/aromatic N) is 3. The minimum Gasteiger partial charge on any atom is -0.0617 e. The van der Waals surface area contributed by atoms with Crippen molar-refractivity contribution in [3.05, 3.63) is 164 Å². The molecule has 2 aromatic heterocycles. The second-order valence-electron chi connectivity index (χ2n) is 11.6. The first-order valence-electron chi connectivity index (χ1n) is 15.7. The van der Waals surface area contributed by atoms with Crippen molar-refractivity contribution in [3.8, 4) is 56.4 Å². The summed E-state index contributed by atoms with van der Waals surface area (Å²) in [5.74, 6) is 1.97. The first kappa shape index (κ1) is 27.6. The normalized spacial score (nSPS) is 11.4. The Bertz CT molecular complexity index is 2570. The Morgan fingerprint density at radius 1 is 0.340 bits per heavy atom. The maximum atomic E-state index is 5.11. The molecule has 9 aromatic rings. The molecule has 0 bridgehead atoms. The number of fused-ring (bicyclic) bond motifs is 4. The predicted octanol–water partition coefficient (Wildman–Crippen LogP) is 10.7. The van der Waals surface area contributed by atoms with E-state index in [4.69, 9.17) is 15.0 Å². The molecule has 0 aliphatic carbocycles. The van der Waals surface area contributed by atoms with Crippen LogP contribution in [0.25, 0.3) is 86.5 Å². The maximum Gasteiger partial charge on any atom is -0.0544 e. The summed E-state index contributed by atoms with van der Waals surface area (Å²) in [6, 6.07) is 57.8. The van der Waals surface area contributed by atoms with Gasteiger partial charge in [0.15, 0.2) is 0 Å². The third-order valence-corrected chi connectivity index (χ3v) is 11.3. The van der Waals surface area contributed by atoms with Crippen LogP contribution in [0.3, 0.4) is 0 Å². The fourth-order valence-electron chi connectivity index (χ4n) is 6.42. The monoisotopic (exact) mass is 665 g/mol. The number of aromatic nitrogens is 3. The standard InChI is InChI=1S/C43H27N3Se/c1-3-12-28(13-4-1)31-17-9-18-32(26-31)42-44-41(30-14-5-2-6-15-30)45-43(46-42)33-25-24-29-16-10-20-34(38(29)27-33)36-21-11-22-37-35-19-7-8-23-39(35)47-40(36)37/h1-27H. The van der Waals surface area contributed by atoms with E-state index in [1.165, 1.54) is 41.2 Å². The van der Waals surface area contributed by atoms with E-state index in [-0.39, 0.29) is 14.5 Å². The molecule has 220 valence electrons. The molecule has 0 fully saturated rings. The molecule has 0 saturated carbocycles. The number of rotatable bonds is 5. The minimum atomic E-state index is 0.254. The van der Waals surface area contributed by atoms with Gasteiger partial charge in [-0.05, 0) is 5.56 Å². The van der Waals surface area contributed by atoms with Crippen molar-refractivity contribution in [2.45, 2.75) is 0 Å². The van der Waals surface area contributed by atoms with Crippen LogP contribution in [-0.2, 0) is 0 Å². The fourth-order valence-corrected chi connectivity index (χ4v) is 9.01. The Morgan fingerprint density at radius 2 is 0.915 bits per heavy atom. The molecule has 0 aliphatic heterocycles. The van der Waals surface area contributed by atoms with Gasteiger partial charge in [-0.3, -0.25) is 0 Å². The zero-order valence-electron chi connectivity index (χ0n) is 25.3. The van der Waals surface area contributed by atoms with Crippen LogP contribution in [-0.4, -0.2) is 29.5 Å². The van der Waals surface area contributed by atoms with E-state index >= 15 is 0 Å². The first-order valence-corrected chi connectivity index (χ1v) is 17.4. The van der Waals surface area contributed by atoms with Gasteiger partial charge in [0.1, 0.15) is 0 Å². The summed E-state index contributed by atoms with van der Waals surface area (Å²) in [5, 5.41) is 5.12. The van der Waals surface area contributed by atoms with Crippen LogP contribution in [0.4, 0.5) is 0 Å². The van der Waals surface area contributed by atoms with Gasteiger partial charge < -0.3 is 0 Å². The minimum absolute atomic E-state index is 0.254. The second kappa shape index (κ2) is 11.6. The molecule has 0 aliphatic rings. The SMILES string of the molecule is c1ccc(-c2cccc(-c3nc(-c4ccccc4)nc(-c4ccc5cccc(-c6cccc7c6[se]c6ccccc67)c5c4)n3)c2)cc1. The number of benzene rings is 7. The fraction of sp³-hybridized carbons (Fsp3) is 0. The molecule has 0 amide bonds. The molecule has 0 N–H and O–H groups in total. The molecule has 2 heterocycles. The zero-order chi connectivity index (χ0) is 31.2. The van der Waals surface area contributed by atoms with E-state index in [1.54, 1.807) is 0 Å². The summed E-state index contributed by atoms with van der Waals surface area (Å²) in [6.45, 7) is 0. The molecule has 0 spiro atoms. The van der Waals surface area contributed by atoms with Crippen molar-refractivity contribution in [2.24, 2.45) is 0 Å². The first-order chi connectivity index (χ1) is 23.3. The van der Waals surface area contributed by atoms with E-state index in [2.05, 4.69) is 140 Å². The van der Waals surface area contributed by atoms with Gasteiger partial charge in [-0.1, -0.05) is 42.5 Å². The molecule has 0 unspecified atom stereocenters. The third-order valence-electron chi connectivity index (χ3n) is 8.73. The van der Waals surface area contributed by atoms with Gasteiger partial charge in [0.05, 0.1) is 0 Å². The van der Waals surface area contributed by atoms with E-state index in [1.807, 2.05) is 24.3 Å². The molecular weight excluding hydrogens is 637 g/mol. The number of hydrogen-bond acceptors (Lipinski definition) is 3. The average molecular weight is 665 g/mol. The van der Waals surface area contributed by atoms with E-state index in [9.17, 15) is 0 Å². The van der Waals surface area contributed by atoms with E-state index < -0.39 is 0 Å². The molecule has 9 rings (SSSR count). The maximum absolute atomic E-state index is 5.11. The van der Waals surface area contributed by atoms with Gasteiger partial charge >= 0.3 is 232 Å². The van der Waals surface area contributed by atoms with Gasteiger partial charge in [-0.25, -0.2) is 0 Å². The molecule has 0 atom stereocenters. The smallest absolute Gasteiger partial charge is 0.0544 e. The van der Waals surface area contributed by atoms with Gasteiger partial charge in [0.25, 0.3) is 0 Å². The Hall–Kier alpha value is -5.67. The Kier molecular flexibility index (Phi) is 6.82. The van der Waals surface area contributed by atoms with Crippen LogP contribution in [0.5, 0.6) is 0 Å². The van der Waals surface area contributed by atoms with Crippen LogP contribution in [0.2, 0.25) is 0 Å². The average Bonchev–Trinajstić information content (AvgIpc) is 3.54. The summed E-state index contributed by atoms with van der Waals surface area (Å²) in [4.78, 5) is 15.2. The Balaban J connectivity index is 1.23. The molecule has 7 aromatic carbocycles. The summed E-state index contributed by atoms with van der Waals surface area (Å²) < 4.78 is 2.90. The second-order valence-corrected chi connectivity index (χ2v) is 13.8. The predicted molar refractivity (Wildman–Crippen MR) is 196 cm³/mol. The van der Waals surface area contributed by atoms with Gasteiger partial charge in [-0.15, -0.1) is 0 Å². The van der Waals surface area contributed by atoms with Crippen molar-refractivity contribution in [1.29, 1.82) is 0 Å². The van der Waals surface area contributed by atoms with Crippen molar-refractivity contribution in [1.82, 2.24) is 15.0 Å². The van der Waals surface area contributed by atoms with Gasteiger partial charge in [0, 0.05) is 0 Å². The quantitative estimate of drug-likeness (QED) is 0.172. The largest absolute Gasteiger partial charge is 0.0617 e. The van der Waals surface area contributed by atoms with Crippen LogP contribution in [0.15, 0.2) is 164 Å². The van der Waals surface area contributed by atoms with Gasteiger partial charge in [-0.2, -0.15) is 0 Å². The van der Waals surface area contributed by atoms with Crippen molar-refractivity contribution in [2.75, 3.05) is 0 Å². The molecule has 3 nitrogen and oxygen atoms in total. The van der Waals surface area contributed by atoms with Gasteiger partial charge in [0.2, 0.25) is 0 Å². The van der Waals surface area contributed by atoms with Crippen LogP contribution < -0.4 is 0 Å². The molecule has 4 heteroatoms. The summed E-state index contributed by atoms with van der Waals surface area (Å²) >= 11 is 0.254. The van der Waals surface area contributed by atoms with Crippen molar-refractivity contribution < 1.29 is 0 Å². The molecular formula is C43H27N3Se. The van der Waals surface area contributed by atoms with Crippen molar-refractivity contribution >= 4 is 44.6 Å². The molecule has 0 radical (unpaired) electrons. The summed E-state index contributed by atoms with van der Waals surface area (Å²) in [7, 11) is 0. The van der Waals surface area contributed by atoms with Crippen LogP contribution in [0.1, 0.15) is 0 Å². The zero-order valence-corrected chi connectivity index (χ0v) is 27.1. The Labute approximate surface area is 278 Å². The number of hydrogen-bond donors (Lipinski definition) is 0. The third kappa shape index (κ3) is 5.05. The van der Waals surface area contributed by atoms with E-state index in [0.717, 1.165) is 27.8 Å². The molecule has 0 saturated heterocycles.